The zero-order chi connectivity index (χ0) is 89.8. The molecular formula is C36H105ClFN7O60. The Morgan fingerprint density at radius 3 is 1.28 bits per heavy atom. The lowest BCUT2D eigenvalue weighted by Gasteiger charge is -2.22. The molecule has 3 heterocycles. The van der Waals surface area contributed by atoms with Gasteiger partial charge in [-0.3, -0.25) is 268 Å². The van der Waals surface area contributed by atoms with E-state index in [0.29, 0.717) is 105 Å². The van der Waals surface area contributed by atoms with E-state index >= 15 is 4.39 Å². The number of pyridine rings is 1. The number of anilines is 1. The largest absolute Gasteiger partial charge is 0.491 e. The molecule has 0 spiro atoms. The molecule has 0 radical (unpaired) electrons. The van der Waals surface area contributed by atoms with Crippen molar-refractivity contribution < 1.29 is 318 Å². The standard InChI is InChI=1S/C35H47ClFN7O6.CH4O.H2O3.25H2O2.H2/c1-24-19-27(34-40-33-32(28(36)22-39-35(33)41-34)38-21-25-7-4-3-5-8-25)29(37)20-30(24)50-18-17-49-16-15-48-14-13-47-12-11-44-23-26(42-43-44)9-6-10-31(45)46-2;1-2;1-3-2;25*1-2;/h19-20,22-23,25H,3-18,21H2,1-2H3,(H2,38,39,40,41);2H,1H3;1-2H;25*1-2H;1H/i;;;;;;;;;;;;;;;;;;;;;;;;;;;;1+1. The molecule has 1 aliphatic rings. The van der Waals surface area contributed by atoms with E-state index in [1.807, 2.05) is 13.1 Å². The SMILES string of the molecule is CO.COC(=O)CCCc1cn(CCOCCOCCOCCOc2cc(F)c(-c3nc4ncc(Cl)c(NCC5CCCCC5)c4[nH]3)cc2C)nn1.OO.OO.OO.OO.OO.OO.OO.OO.OO.OO.OO.OO.OO.OO.OO.OO.OO.OO.OO.OO.OO.OO.OO.OO.OO.OOO.[2HH]. The minimum absolute atomic E-state index is 0. The number of aliphatic hydroxyl groups is 1. The first-order chi connectivity index (χ1) is 51.8. The second-order valence-corrected chi connectivity index (χ2v) is 12.8. The topological polar surface area (TPSA) is 1230 Å². The summed E-state index contributed by atoms with van der Waals surface area (Å²) in [6, 6.07) is 3.09. The smallest absolute Gasteiger partial charge is 0.305 e. The third kappa shape index (κ3) is 128. The molecule has 55 N–H and O–H groups in total. The number of imidazole rings is 1. The first kappa shape index (κ1) is 165. The van der Waals surface area contributed by atoms with Crippen LogP contribution in [0.3, 0.4) is 0 Å². The summed E-state index contributed by atoms with van der Waals surface area (Å²) in [5, 5.41) is 335. The highest BCUT2D eigenvalue weighted by atomic mass is 35.5. The highest BCUT2D eigenvalue weighted by Crippen LogP contribution is 2.34. The van der Waals surface area contributed by atoms with Crippen LogP contribution in [0.25, 0.3) is 22.6 Å². The lowest BCUT2D eigenvalue weighted by molar-refractivity contribution is -0.465. The number of nitrogens with zero attached hydrogens (tertiary/aromatic N) is 5. The van der Waals surface area contributed by atoms with Gasteiger partial charge in [0.05, 0.1) is 81.5 Å². The van der Waals surface area contributed by atoms with Crippen LogP contribution in [0.4, 0.5) is 10.1 Å². The van der Waals surface area contributed by atoms with Crippen LogP contribution in [0.1, 0.15) is 57.6 Å². The number of esters is 1. The van der Waals surface area contributed by atoms with Crippen molar-refractivity contribution in [2.75, 3.05) is 72.3 Å². The summed E-state index contributed by atoms with van der Waals surface area (Å²) in [4.78, 5) is 23.4. The van der Waals surface area contributed by atoms with Gasteiger partial charge in [-0.1, -0.05) is 41.1 Å². The van der Waals surface area contributed by atoms with Crippen LogP contribution in [0.2, 0.25) is 5.02 Å². The van der Waals surface area contributed by atoms with Crippen LogP contribution in [0, 0.1) is 18.7 Å². The van der Waals surface area contributed by atoms with Gasteiger partial charge >= 0.3 is 5.97 Å². The Morgan fingerprint density at radius 1 is 0.562 bits per heavy atom. The maximum absolute atomic E-state index is 15.3. The first-order valence-corrected chi connectivity index (χ1v) is 23.5. The van der Waals surface area contributed by atoms with Gasteiger partial charge in [0.25, 0.3) is 0 Å². The number of fused-ring (bicyclic) bond motifs is 1. The second kappa shape index (κ2) is 212. The fourth-order valence-corrected chi connectivity index (χ4v) is 6.07. The maximum Gasteiger partial charge on any atom is 0.305 e. The monoisotopic (exact) mass is 1650 g/mol. The summed E-state index contributed by atoms with van der Waals surface area (Å²) in [6.45, 7) is 6.04. The highest BCUT2D eigenvalue weighted by Gasteiger charge is 2.19. The van der Waals surface area contributed by atoms with Crippen molar-refractivity contribution in [3.05, 3.63) is 46.6 Å². The second-order valence-electron chi connectivity index (χ2n) is 12.4. The van der Waals surface area contributed by atoms with Gasteiger partial charge in [-0.05, 0) is 50.2 Å². The lowest BCUT2D eigenvalue weighted by atomic mass is 9.89. The van der Waals surface area contributed by atoms with Crippen LogP contribution in [0.15, 0.2) is 24.5 Å². The number of aliphatic hydroxyl groups excluding tert-OH is 1. The Kier molecular flexibility index (Phi) is 332. The van der Waals surface area contributed by atoms with Crippen molar-refractivity contribution in [3.8, 4) is 17.1 Å². The molecule has 67 nitrogen and oxygen atoms in total. The molecule has 4 aromatic rings. The summed E-state index contributed by atoms with van der Waals surface area (Å²) in [5.41, 5.74) is 3.82. The van der Waals surface area contributed by atoms with Crippen LogP contribution in [-0.2, 0) is 41.7 Å². The molecule has 69 heteroatoms. The number of halogens is 2. The van der Waals surface area contributed by atoms with Crippen LogP contribution in [-0.4, -0.2) is 381 Å². The molecule has 1 aromatic carbocycles. The van der Waals surface area contributed by atoms with Crippen molar-refractivity contribution in [2.24, 2.45) is 5.92 Å². The van der Waals surface area contributed by atoms with Gasteiger partial charge in [0.1, 0.15) is 29.5 Å². The van der Waals surface area contributed by atoms with E-state index in [9.17, 15) is 4.79 Å². The molecule has 1 aliphatic carbocycles. The summed E-state index contributed by atoms with van der Waals surface area (Å²) in [7, 11) is 2.38. The number of aryl methyl sites for hydroxylation is 2. The molecule has 0 unspecified atom stereocenters. The summed E-state index contributed by atoms with van der Waals surface area (Å²) in [6.07, 6.45) is 11.4. The van der Waals surface area contributed by atoms with Crippen molar-refractivity contribution in [1.29, 1.82) is 0 Å². The number of hydrogen-bond acceptors (Lipinski definition) is 65. The molecule has 0 aliphatic heterocycles. The molecule has 1 saturated carbocycles. The van der Waals surface area contributed by atoms with E-state index in [4.69, 9.17) is 309 Å². The average molecular weight is 1650 g/mol. The summed E-state index contributed by atoms with van der Waals surface area (Å²) in [5.74, 6) is 0.750. The van der Waals surface area contributed by atoms with Gasteiger partial charge in [-0.25, -0.2) is 29.6 Å². The number of methoxy groups -OCH3 is 1. The van der Waals surface area contributed by atoms with Crippen LogP contribution in [0.5, 0.6) is 5.75 Å². The maximum atomic E-state index is 15.3. The Hall–Kier alpha value is -6.01. The summed E-state index contributed by atoms with van der Waals surface area (Å²) >= 11 is 6.51. The third-order valence-corrected chi connectivity index (χ3v) is 8.89. The fourth-order valence-electron chi connectivity index (χ4n) is 5.86. The highest BCUT2D eigenvalue weighted by molar-refractivity contribution is 6.34. The number of carbonyl (C=O) groups is 1. The third-order valence-electron chi connectivity index (χ3n) is 8.61. The number of rotatable bonds is 21. The van der Waals surface area contributed by atoms with Gasteiger partial charge in [-0.15, -0.1) is 5.10 Å². The molecule has 5 rings (SSSR count). The number of hydrogen-bond donors (Lipinski definition) is 55. The van der Waals surface area contributed by atoms with Gasteiger partial charge in [-0.2, -0.15) is 0 Å². The molecule has 658 valence electrons. The van der Waals surface area contributed by atoms with Gasteiger partial charge < -0.3 is 39.1 Å². The minimum atomic E-state index is -0.456. The van der Waals surface area contributed by atoms with Crippen LogP contribution < -0.4 is 10.1 Å². The summed E-state index contributed by atoms with van der Waals surface area (Å²) < 4.78 is 44.2. The number of H-pyrrole nitrogens is 1. The lowest BCUT2D eigenvalue weighted by Crippen LogP contribution is -2.17. The Labute approximate surface area is 588 Å². The molecule has 3 aromatic heterocycles. The van der Waals surface area contributed by atoms with Crippen molar-refractivity contribution in [3.63, 3.8) is 0 Å². The van der Waals surface area contributed by atoms with E-state index in [0.717, 1.165) is 30.6 Å². The molecule has 105 heavy (non-hydrogen) atoms. The molecule has 0 bridgehead atoms. The Bertz CT molecular complexity index is 1760. The van der Waals surface area contributed by atoms with Crippen LogP contribution >= 0.6 is 11.6 Å². The number of aromatic amines is 1. The van der Waals surface area contributed by atoms with E-state index in [1.54, 1.807) is 16.9 Å². The predicted octanol–water partition coefficient (Wildman–Crippen LogP) is 6.17. The predicted molar refractivity (Wildman–Crippen MR) is 335 cm³/mol. The number of nitrogens with one attached hydrogen (secondary N) is 2. The quantitative estimate of drug-likeness (QED) is 0.0192. The minimum Gasteiger partial charge on any atom is -0.491 e. The normalized spacial score (nSPS) is 8.13. The van der Waals surface area contributed by atoms with Gasteiger partial charge in [0.15, 0.2) is 5.65 Å². The van der Waals surface area contributed by atoms with E-state index in [1.165, 1.54) is 45.3 Å². The number of ether oxygens (including phenoxy) is 5. The molecule has 1 fully saturated rings. The van der Waals surface area contributed by atoms with E-state index in [2.05, 4.69) is 40.4 Å². The molecule has 0 amide bonds. The van der Waals surface area contributed by atoms with E-state index in [-0.39, 0.29) is 14.0 Å². The number of carbonyl (C=O) groups excluding carboxylic acids is 1. The first-order valence-electron chi connectivity index (χ1n) is 23.1. The van der Waals surface area contributed by atoms with Crippen molar-refractivity contribution in [1.82, 2.24) is 29.9 Å². The van der Waals surface area contributed by atoms with E-state index < -0.39 is 5.82 Å². The van der Waals surface area contributed by atoms with Crippen molar-refractivity contribution in [2.45, 2.75) is 64.8 Å². The molecule has 0 atom stereocenters. The molecule has 0 saturated heterocycles. The molecular weight excluding hydrogens is 1540 g/mol. The fraction of sp³-hybridized carbons (Fsp3) is 0.583. The zero-order valence-corrected chi connectivity index (χ0v) is 54.7. The Balaban J connectivity index is -0.0000000460. The average Bonchev–Trinajstić information content (AvgIpc) is 1.65. The van der Waals surface area contributed by atoms with Gasteiger partial charge in [0.2, 0.25) is 0 Å². The number of aromatic nitrogens is 6. The van der Waals surface area contributed by atoms with Gasteiger partial charge in [0, 0.05) is 33.8 Å². The Morgan fingerprint density at radius 2 is 0.914 bits per heavy atom. The number of benzene rings is 1. The zero-order valence-electron chi connectivity index (χ0n) is 54.0. The van der Waals surface area contributed by atoms with Crippen molar-refractivity contribution >= 4 is 34.4 Å².